The van der Waals surface area contributed by atoms with Crippen molar-refractivity contribution in [2.75, 3.05) is 27.4 Å². The number of nitrogens with one attached hydrogen (secondary N) is 1. The Labute approximate surface area is 160 Å². The number of ether oxygens (including phenoxy) is 3. The van der Waals surface area contributed by atoms with Crippen molar-refractivity contribution in [3.05, 3.63) is 59.7 Å². The van der Waals surface area contributed by atoms with Crippen molar-refractivity contribution in [3.63, 3.8) is 0 Å². The molecule has 0 aliphatic rings. The molecule has 6 heteroatoms. The number of hydrogen-bond acceptors (Lipinski definition) is 6. The highest BCUT2D eigenvalue weighted by Gasteiger charge is 2.11. The molecular formula is C21H27NO5. The van der Waals surface area contributed by atoms with Crippen LogP contribution in [0.2, 0.25) is 0 Å². The minimum absolute atomic E-state index is 0.0556. The van der Waals surface area contributed by atoms with Gasteiger partial charge < -0.3 is 24.6 Å². The first-order valence-corrected chi connectivity index (χ1v) is 8.85. The molecule has 146 valence electrons. The highest BCUT2D eigenvalue weighted by molar-refractivity contribution is 5.72. The van der Waals surface area contributed by atoms with Crippen LogP contribution in [0.3, 0.4) is 0 Å². The van der Waals surface area contributed by atoms with Crippen molar-refractivity contribution in [3.8, 4) is 11.5 Å². The smallest absolute Gasteiger partial charge is 0.309 e. The van der Waals surface area contributed by atoms with E-state index in [9.17, 15) is 9.90 Å². The standard InChI is InChI=1S/C21H27NO5/c1-15(22-13-20(23)17-5-4-6-19(12-17)25-2)14-27-18-9-7-16(8-10-18)11-21(24)26-3/h4-10,12,15,20,22-23H,11,13-14H2,1-3H3. The van der Waals surface area contributed by atoms with E-state index in [0.717, 1.165) is 22.6 Å². The predicted molar refractivity (Wildman–Crippen MR) is 103 cm³/mol. The molecule has 0 heterocycles. The summed E-state index contributed by atoms with van der Waals surface area (Å²) < 4.78 is 15.6. The lowest BCUT2D eigenvalue weighted by Gasteiger charge is -2.18. The topological polar surface area (TPSA) is 77.0 Å². The van der Waals surface area contributed by atoms with Crippen LogP contribution in [-0.4, -0.2) is 44.5 Å². The molecule has 0 aromatic heterocycles. The number of hydrogen-bond donors (Lipinski definition) is 2. The van der Waals surface area contributed by atoms with E-state index in [0.29, 0.717) is 13.2 Å². The molecule has 0 radical (unpaired) electrons. The maximum absolute atomic E-state index is 11.3. The van der Waals surface area contributed by atoms with E-state index >= 15 is 0 Å². The monoisotopic (exact) mass is 373 g/mol. The number of aliphatic hydroxyl groups is 1. The normalized spacial score (nSPS) is 12.9. The van der Waals surface area contributed by atoms with Crippen molar-refractivity contribution in [2.24, 2.45) is 0 Å². The number of esters is 1. The molecule has 0 bridgehead atoms. The van der Waals surface area contributed by atoms with Gasteiger partial charge in [-0.15, -0.1) is 0 Å². The van der Waals surface area contributed by atoms with E-state index in [1.807, 2.05) is 55.5 Å². The minimum Gasteiger partial charge on any atom is -0.497 e. The molecule has 0 saturated carbocycles. The Bertz CT molecular complexity index is 717. The summed E-state index contributed by atoms with van der Waals surface area (Å²) in [6.45, 7) is 2.86. The van der Waals surface area contributed by atoms with Crippen LogP contribution in [-0.2, 0) is 16.0 Å². The second-order valence-corrected chi connectivity index (χ2v) is 6.31. The first kappa shape index (κ1) is 20.7. The Morgan fingerprint density at radius 1 is 1.11 bits per heavy atom. The van der Waals surface area contributed by atoms with Gasteiger partial charge in [0.1, 0.15) is 18.1 Å². The fourth-order valence-corrected chi connectivity index (χ4v) is 2.50. The molecule has 2 atom stereocenters. The molecule has 2 aromatic rings. The molecule has 0 spiro atoms. The van der Waals surface area contributed by atoms with Gasteiger partial charge in [0.05, 0.1) is 26.7 Å². The summed E-state index contributed by atoms with van der Waals surface area (Å²) in [7, 11) is 2.98. The maximum atomic E-state index is 11.3. The average molecular weight is 373 g/mol. The molecule has 2 rings (SSSR count). The molecule has 0 aliphatic heterocycles. The molecule has 2 unspecified atom stereocenters. The Balaban J connectivity index is 1.75. The Morgan fingerprint density at radius 2 is 1.85 bits per heavy atom. The fourth-order valence-electron chi connectivity index (χ4n) is 2.50. The largest absolute Gasteiger partial charge is 0.497 e. The Hall–Kier alpha value is -2.57. The quantitative estimate of drug-likeness (QED) is 0.623. The molecule has 0 fully saturated rings. The molecule has 27 heavy (non-hydrogen) atoms. The van der Waals surface area contributed by atoms with Crippen LogP contribution in [0.1, 0.15) is 24.2 Å². The van der Waals surface area contributed by atoms with Crippen molar-refractivity contribution >= 4 is 5.97 Å². The summed E-state index contributed by atoms with van der Waals surface area (Å²) in [5, 5.41) is 13.6. The van der Waals surface area contributed by atoms with Crippen LogP contribution in [0.25, 0.3) is 0 Å². The van der Waals surface area contributed by atoms with Crippen LogP contribution in [0.15, 0.2) is 48.5 Å². The fraction of sp³-hybridized carbons (Fsp3) is 0.381. The average Bonchev–Trinajstić information content (AvgIpc) is 2.71. The van der Waals surface area contributed by atoms with Crippen LogP contribution in [0.4, 0.5) is 0 Å². The van der Waals surface area contributed by atoms with Crippen molar-refractivity contribution in [2.45, 2.75) is 25.5 Å². The van der Waals surface area contributed by atoms with Gasteiger partial charge in [-0.1, -0.05) is 24.3 Å². The van der Waals surface area contributed by atoms with E-state index in [1.54, 1.807) is 7.11 Å². The van der Waals surface area contributed by atoms with Gasteiger partial charge in [-0.3, -0.25) is 4.79 Å². The van der Waals surface area contributed by atoms with Gasteiger partial charge in [0.25, 0.3) is 0 Å². The van der Waals surface area contributed by atoms with Gasteiger partial charge in [0, 0.05) is 12.6 Å². The molecule has 2 aromatic carbocycles. The maximum Gasteiger partial charge on any atom is 0.309 e. The van der Waals surface area contributed by atoms with Gasteiger partial charge in [0.15, 0.2) is 0 Å². The number of rotatable bonds is 10. The highest BCUT2D eigenvalue weighted by Crippen LogP contribution is 2.18. The first-order chi connectivity index (χ1) is 13.0. The van der Waals surface area contributed by atoms with Crippen LogP contribution >= 0.6 is 0 Å². The van der Waals surface area contributed by atoms with Gasteiger partial charge in [-0.25, -0.2) is 0 Å². The SMILES string of the molecule is COC(=O)Cc1ccc(OCC(C)NCC(O)c2cccc(OC)c2)cc1. The number of carbonyl (C=O) groups excluding carboxylic acids is 1. The summed E-state index contributed by atoms with van der Waals surface area (Å²) in [6, 6.07) is 14.8. The summed E-state index contributed by atoms with van der Waals surface area (Å²) >= 11 is 0. The van der Waals surface area contributed by atoms with E-state index in [4.69, 9.17) is 9.47 Å². The summed E-state index contributed by atoms with van der Waals surface area (Å²) in [6.07, 6.45) is -0.378. The molecule has 0 amide bonds. The number of carbonyl (C=O) groups is 1. The molecule has 0 saturated heterocycles. The second kappa shape index (κ2) is 10.5. The third-order valence-electron chi connectivity index (χ3n) is 4.14. The molecule has 2 N–H and O–H groups in total. The molecule has 0 aliphatic carbocycles. The number of benzene rings is 2. The lowest BCUT2D eigenvalue weighted by atomic mass is 10.1. The summed E-state index contributed by atoms with van der Waals surface area (Å²) in [5.41, 5.74) is 1.68. The van der Waals surface area contributed by atoms with E-state index in [2.05, 4.69) is 10.1 Å². The third kappa shape index (κ3) is 6.92. The highest BCUT2D eigenvalue weighted by atomic mass is 16.5. The zero-order chi connectivity index (χ0) is 19.6. The number of methoxy groups -OCH3 is 2. The minimum atomic E-state index is -0.625. The van der Waals surface area contributed by atoms with Crippen LogP contribution in [0.5, 0.6) is 11.5 Å². The Morgan fingerprint density at radius 3 is 2.52 bits per heavy atom. The van der Waals surface area contributed by atoms with Crippen molar-refractivity contribution < 1.29 is 24.1 Å². The first-order valence-electron chi connectivity index (χ1n) is 8.85. The van der Waals surface area contributed by atoms with Crippen molar-refractivity contribution in [1.82, 2.24) is 5.32 Å². The lowest BCUT2D eigenvalue weighted by Crippen LogP contribution is -2.34. The van der Waals surface area contributed by atoms with Crippen LogP contribution < -0.4 is 14.8 Å². The van der Waals surface area contributed by atoms with E-state index in [1.165, 1.54) is 7.11 Å². The lowest BCUT2D eigenvalue weighted by molar-refractivity contribution is -0.139. The van der Waals surface area contributed by atoms with E-state index < -0.39 is 6.10 Å². The second-order valence-electron chi connectivity index (χ2n) is 6.31. The van der Waals surface area contributed by atoms with E-state index in [-0.39, 0.29) is 18.4 Å². The van der Waals surface area contributed by atoms with Gasteiger partial charge in [-0.2, -0.15) is 0 Å². The molecular weight excluding hydrogens is 346 g/mol. The zero-order valence-corrected chi connectivity index (χ0v) is 16.0. The van der Waals surface area contributed by atoms with Gasteiger partial charge >= 0.3 is 5.97 Å². The molecule has 6 nitrogen and oxygen atoms in total. The number of aliphatic hydroxyl groups excluding tert-OH is 1. The summed E-state index contributed by atoms with van der Waals surface area (Å²) in [5.74, 6) is 1.18. The third-order valence-corrected chi connectivity index (χ3v) is 4.14. The van der Waals surface area contributed by atoms with Gasteiger partial charge in [-0.05, 0) is 42.3 Å². The Kier molecular flexibility index (Phi) is 8.10. The predicted octanol–water partition coefficient (Wildman–Crippen LogP) is 2.50. The van der Waals surface area contributed by atoms with Gasteiger partial charge in [0.2, 0.25) is 0 Å². The zero-order valence-electron chi connectivity index (χ0n) is 16.0. The van der Waals surface area contributed by atoms with Crippen LogP contribution in [0, 0.1) is 0 Å². The van der Waals surface area contributed by atoms with Crippen molar-refractivity contribution in [1.29, 1.82) is 0 Å². The summed E-state index contributed by atoms with van der Waals surface area (Å²) in [4.78, 5) is 11.3.